The highest BCUT2D eigenvalue weighted by atomic mass is 32.2. The molecule has 0 spiro atoms. The zero-order valence-electron chi connectivity index (χ0n) is 16.3. The first-order valence-electron chi connectivity index (χ1n) is 9.46. The number of carbonyl (C=O) groups excluding carboxylic acids is 1. The minimum Gasteiger partial charge on any atom is -0.278 e. The molecule has 0 radical (unpaired) electrons. The normalized spacial score (nSPS) is 11.0. The summed E-state index contributed by atoms with van der Waals surface area (Å²) in [6.07, 6.45) is 1.75. The van der Waals surface area contributed by atoms with Crippen LogP contribution in [0.4, 0.5) is 5.13 Å². The first-order chi connectivity index (χ1) is 14.1. The fourth-order valence-corrected chi connectivity index (χ4v) is 4.84. The highest BCUT2D eigenvalue weighted by Crippen LogP contribution is 2.31. The van der Waals surface area contributed by atoms with E-state index >= 15 is 0 Å². The van der Waals surface area contributed by atoms with Crippen molar-refractivity contribution in [2.24, 2.45) is 0 Å². The highest BCUT2D eigenvalue weighted by molar-refractivity contribution is 7.99. The van der Waals surface area contributed by atoms with Crippen molar-refractivity contribution in [3.8, 4) is 0 Å². The van der Waals surface area contributed by atoms with Crippen LogP contribution >= 0.6 is 23.1 Å². The summed E-state index contributed by atoms with van der Waals surface area (Å²) >= 11 is 3.26. The molecule has 0 saturated carbocycles. The maximum atomic E-state index is 13.5. The van der Waals surface area contributed by atoms with Crippen LogP contribution < -0.4 is 4.90 Å². The van der Waals surface area contributed by atoms with Crippen LogP contribution in [-0.4, -0.2) is 21.6 Å². The molecular formula is C23H21N3OS2. The third-order valence-electron chi connectivity index (χ3n) is 4.45. The zero-order valence-corrected chi connectivity index (χ0v) is 18.0. The van der Waals surface area contributed by atoms with E-state index in [1.165, 1.54) is 16.9 Å². The highest BCUT2D eigenvalue weighted by Gasteiger charge is 2.22. The molecule has 6 heteroatoms. The summed E-state index contributed by atoms with van der Waals surface area (Å²) in [5.41, 5.74) is 3.58. The van der Waals surface area contributed by atoms with E-state index in [9.17, 15) is 4.79 Å². The average Bonchev–Trinajstić information content (AvgIpc) is 3.15. The van der Waals surface area contributed by atoms with Gasteiger partial charge in [-0.1, -0.05) is 36.5 Å². The Labute approximate surface area is 178 Å². The Morgan fingerprint density at radius 1 is 1.10 bits per heavy atom. The van der Waals surface area contributed by atoms with Crippen molar-refractivity contribution in [2.45, 2.75) is 25.3 Å². The predicted octanol–water partition coefficient (Wildman–Crippen LogP) is 5.96. The molecule has 0 N–H and O–H groups in total. The van der Waals surface area contributed by atoms with Gasteiger partial charge in [-0.25, -0.2) is 4.98 Å². The van der Waals surface area contributed by atoms with Crippen LogP contribution in [0.15, 0.2) is 71.8 Å². The predicted molar refractivity (Wildman–Crippen MR) is 122 cm³/mol. The van der Waals surface area contributed by atoms with Crippen molar-refractivity contribution in [1.29, 1.82) is 0 Å². The molecule has 2 aromatic heterocycles. The van der Waals surface area contributed by atoms with Crippen LogP contribution in [0.2, 0.25) is 0 Å². The molecule has 0 aliphatic carbocycles. The van der Waals surface area contributed by atoms with Gasteiger partial charge in [0.2, 0.25) is 0 Å². The maximum Gasteiger partial charge on any atom is 0.260 e. The fourth-order valence-electron chi connectivity index (χ4n) is 3.06. The number of hydrogen-bond acceptors (Lipinski definition) is 5. The van der Waals surface area contributed by atoms with Gasteiger partial charge < -0.3 is 0 Å². The third-order valence-corrected chi connectivity index (χ3v) is 6.36. The molecule has 0 bridgehead atoms. The standard InChI is InChI=1S/C23H21N3OS2/c1-3-28-19-9-6-7-17(14-19)22(27)26(15-18-8-4-5-12-24-18)23-25-20-11-10-16(2)13-21(20)29-23/h4-14H,3,15H2,1-2H3. The number of rotatable bonds is 6. The van der Waals surface area contributed by atoms with E-state index in [2.05, 4.69) is 24.9 Å². The lowest BCUT2D eigenvalue weighted by Gasteiger charge is -2.20. The number of thioether (sulfide) groups is 1. The minimum atomic E-state index is -0.0648. The lowest BCUT2D eigenvalue weighted by atomic mass is 10.2. The monoisotopic (exact) mass is 419 g/mol. The van der Waals surface area contributed by atoms with Gasteiger partial charge >= 0.3 is 0 Å². The molecule has 0 aliphatic rings. The fraction of sp³-hybridized carbons (Fsp3) is 0.174. The molecule has 0 fully saturated rings. The molecule has 1 amide bonds. The van der Waals surface area contributed by atoms with E-state index in [-0.39, 0.29) is 5.91 Å². The van der Waals surface area contributed by atoms with Gasteiger partial charge in [-0.3, -0.25) is 14.7 Å². The van der Waals surface area contributed by atoms with Crippen molar-refractivity contribution in [1.82, 2.24) is 9.97 Å². The molecule has 0 unspecified atom stereocenters. The lowest BCUT2D eigenvalue weighted by molar-refractivity contribution is 0.0984. The van der Waals surface area contributed by atoms with Crippen molar-refractivity contribution >= 4 is 44.4 Å². The van der Waals surface area contributed by atoms with Gasteiger partial charge in [0, 0.05) is 16.7 Å². The summed E-state index contributed by atoms with van der Waals surface area (Å²) in [7, 11) is 0. The summed E-state index contributed by atoms with van der Waals surface area (Å²) < 4.78 is 1.08. The van der Waals surface area contributed by atoms with Gasteiger partial charge in [0.1, 0.15) is 0 Å². The topological polar surface area (TPSA) is 46.1 Å². The van der Waals surface area contributed by atoms with Crippen molar-refractivity contribution < 1.29 is 4.79 Å². The van der Waals surface area contributed by atoms with Gasteiger partial charge in [-0.05, 0) is 60.7 Å². The van der Waals surface area contributed by atoms with Gasteiger partial charge in [0.15, 0.2) is 5.13 Å². The number of anilines is 1. The second-order valence-corrected chi connectivity index (χ2v) is 8.99. The number of amides is 1. The van der Waals surface area contributed by atoms with Gasteiger partial charge in [0.05, 0.1) is 22.5 Å². The van der Waals surface area contributed by atoms with Crippen LogP contribution in [0.3, 0.4) is 0 Å². The van der Waals surface area contributed by atoms with Crippen LogP contribution in [0.5, 0.6) is 0 Å². The van der Waals surface area contributed by atoms with E-state index in [0.29, 0.717) is 17.2 Å². The Morgan fingerprint density at radius 3 is 2.79 bits per heavy atom. The molecule has 29 heavy (non-hydrogen) atoms. The number of thiazole rings is 1. The summed E-state index contributed by atoms with van der Waals surface area (Å²) in [5.74, 6) is 0.900. The molecule has 2 aromatic carbocycles. The number of aromatic nitrogens is 2. The zero-order chi connectivity index (χ0) is 20.2. The number of fused-ring (bicyclic) bond motifs is 1. The molecule has 4 aromatic rings. The van der Waals surface area contributed by atoms with Gasteiger partial charge in [0.25, 0.3) is 5.91 Å². The van der Waals surface area contributed by atoms with E-state index in [1.54, 1.807) is 22.9 Å². The second kappa shape index (κ2) is 8.76. The minimum absolute atomic E-state index is 0.0648. The second-order valence-electron chi connectivity index (χ2n) is 6.64. The molecule has 4 rings (SSSR count). The number of pyridine rings is 1. The van der Waals surface area contributed by atoms with Gasteiger partial charge in [-0.2, -0.15) is 0 Å². The van der Waals surface area contributed by atoms with Crippen LogP contribution in [0, 0.1) is 6.92 Å². The molecule has 0 saturated heterocycles. The maximum absolute atomic E-state index is 13.5. The SMILES string of the molecule is CCSc1cccc(C(=O)N(Cc2ccccn2)c2nc3ccc(C)cc3s2)c1. The van der Waals surface area contributed by atoms with E-state index in [4.69, 9.17) is 4.98 Å². The van der Waals surface area contributed by atoms with Crippen molar-refractivity contribution in [3.63, 3.8) is 0 Å². The quantitative estimate of drug-likeness (QED) is 0.362. The Balaban J connectivity index is 1.74. The Hall–Kier alpha value is -2.70. The Morgan fingerprint density at radius 2 is 2.00 bits per heavy atom. The van der Waals surface area contributed by atoms with Crippen LogP contribution in [0.25, 0.3) is 10.2 Å². The average molecular weight is 420 g/mol. The molecule has 0 aliphatic heterocycles. The Bertz CT molecular complexity index is 1140. The number of hydrogen-bond donors (Lipinski definition) is 0. The Kier molecular flexibility index (Phi) is 5.92. The molecule has 0 atom stereocenters. The lowest BCUT2D eigenvalue weighted by Crippen LogP contribution is -2.30. The molecule has 146 valence electrons. The first kappa shape index (κ1) is 19.6. The van der Waals surface area contributed by atoms with Crippen LogP contribution in [-0.2, 0) is 6.54 Å². The summed E-state index contributed by atoms with van der Waals surface area (Å²) in [5, 5.41) is 0.690. The number of aryl methyl sites for hydroxylation is 1. The number of carbonyl (C=O) groups is 1. The van der Waals surface area contributed by atoms with E-state index in [0.717, 1.165) is 26.6 Å². The summed E-state index contributed by atoms with van der Waals surface area (Å²) in [4.78, 5) is 25.5. The molecule has 4 nitrogen and oxygen atoms in total. The van der Waals surface area contributed by atoms with Crippen molar-refractivity contribution in [3.05, 3.63) is 83.7 Å². The largest absolute Gasteiger partial charge is 0.278 e. The van der Waals surface area contributed by atoms with E-state index < -0.39 is 0 Å². The van der Waals surface area contributed by atoms with E-state index in [1.807, 2.05) is 54.6 Å². The number of nitrogens with zero attached hydrogens (tertiary/aromatic N) is 3. The molecular weight excluding hydrogens is 398 g/mol. The smallest absolute Gasteiger partial charge is 0.260 e. The summed E-state index contributed by atoms with van der Waals surface area (Å²) in [6, 6.07) is 19.7. The first-order valence-corrected chi connectivity index (χ1v) is 11.3. The third kappa shape index (κ3) is 4.49. The van der Waals surface area contributed by atoms with Crippen molar-refractivity contribution in [2.75, 3.05) is 10.7 Å². The van der Waals surface area contributed by atoms with Gasteiger partial charge in [-0.15, -0.1) is 11.8 Å². The number of benzene rings is 2. The summed E-state index contributed by atoms with van der Waals surface area (Å²) in [6.45, 7) is 4.55. The van der Waals surface area contributed by atoms with Crippen LogP contribution in [0.1, 0.15) is 28.5 Å². The molecule has 2 heterocycles.